The number of aromatic nitrogens is 2. The number of rotatable bonds is 6. The lowest BCUT2D eigenvalue weighted by atomic mass is 10.0. The number of nitrogens with zero attached hydrogens (tertiary/aromatic N) is 4. The van der Waals surface area contributed by atoms with Crippen molar-refractivity contribution in [1.82, 2.24) is 19.0 Å². The van der Waals surface area contributed by atoms with Gasteiger partial charge in [-0.3, -0.25) is 4.79 Å². The summed E-state index contributed by atoms with van der Waals surface area (Å²) in [6.07, 6.45) is 4.14. The average Bonchev–Trinajstić information content (AvgIpc) is 3.13. The zero-order valence-electron chi connectivity index (χ0n) is 17.9. The highest BCUT2D eigenvalue weighted by molar-refractivity contribution is 7.88. The molecule has 0 saturated carbocycles. The first kappa shape index (κ1) is 22.8. The molecule has 30 heavy (non-hydrogen) atoms. The van der Waals surface area contributed by atoms with Crippen LogP contribution in [0, 0.1) is 0 Å². The number of carbonyl (C=O) groups is 1. The van der Waals surface area contributed by atoms with Gasteiger partial charge >= 0.3 is 0 Å². The van der Waals surface area contributed by atoms with Crippen LogP contribution in [0.15, 0.2) is 30.5 Å². The van der Waals surface area contributed by atoms with Crippen LogP contribution < -0.4 is 0 Å². The zero-order chi connectivity index (χ0) is 22.1. The molecule has 1 aliphatic rings. The van der Waals surface area contributed by atoms with Crippen LogP contribution >= 0.6 is 11.6 Å². The fourth-order valence-electron chi connectivity index (χ4n) is 4.16. The molecule has 1 aromatic heterocycles. The third kappa shape index (κ3) is 4.71. The molecule has 0 aliphatic carbocycles. The number of halogens is 1. The van der Waals surface area contributed by atoms with Gasteiger partial charge in [-0.2, -0.15) is 9.40 Å². The van der Waals surface area contributed by atoms with E-state index in [2.05, 4.69) is 5.10 Å². The molecule has 1 fully saturated rings. The van der Waals surface area contributed by atoms with Gasteiger partial charge in [-0.1, -0.05) is 32.4 Å². The summed E-state index contributed by atoms with van der Waals surface area (Å²) in [4.78, 5) is 15.1. The summed E-state index contributed by atoms with van der Waals surface area (Å²) >= 11 is 6.00. The van der Waals surface area contributed by atoms with Gasteiger partial charge in [0.2, 0.25) is 10.0 Å². The first-order valence-corrected chi connectivity index (χ1v) is 12.5. The molecule has 0 bridgehead atoms. The van der Waals surface area contributed by atoms with Gasteiger partial charge < -0.3 is 4.90 Å². The number of hydrogen-bond donors (Lipinski definition) is 0. The Labute approximate surface area is 183 Å². The van der Waals surface area contributed by atoms with Gasteiger partial charge in [0.05, 0.1) is 29.4 Å². The third-order valence-electron chi connectivity index (χ3n) is 5.55. The molecule has 2 heterocycles. The Morgan fingerprint density at radius 3 is 2.33 bits per heavy atom. The molecule has 9 heteroatoms. The molecule has 1 amide bonds. The number of sulfonamides is 1. The van der Waals surface area contributed by atoms with Crippen LogP contribution in [0.5, 0.6) is 0 Å². The number of carbonyl (C=O) groups excluding carboxylic acids is 1. The van der Waals surface area contributed by atoms with Crippen molar-refractivity contribution in [2.75, 3.05) is 25.9 Å². The molecule has 7 nitrogen and oxygen atoms in total. The molecule has 0 radical (unpaired) electrons. The number of amides is 1. The van der Waals surface area contributed by atoms with E-state index in [-0.39, 0.29) is 17.9 Å². The fourth-order valence-corrected chi connectivity index (χ4v) is 5.50. The molecule has 0 N–H and O–H groups in total. The van der Waals surface area contributed by atoms with Gasteiger partial charge in [-0.15, -0.1) is 0 Å². The highest BCUT2D eigenvalue weighted by Gasteiger charge is 2.32. The summed E-state index contributed by atoms with van der Waals surface area (Å²) in [5.74, 6) is 0.0419. The maximum Gasteiger partial charge on any atom is 0.257 e. The van der Waals surface area contributed by atoms with Gasteiger partial charge in [0.15, 0.2) is 0 Å². The Kier molecular flexibility index (Phi) is 6.89. The van der Waals surface area contributed by atoms with E-state index in [1.54, 1.807) is 23.0 Å². The predicted octanol–water partition coefficient (Wildman–Crippen LogP) is 3.54. The van der Waals surface area contributed by atoms with Crippen LogP contribution in [0.3, 0.4) is 0 Å². The molecular formula is C21H29ClN4O3S. The standard InChI is InChI=1S/C21H29ClN4O3S/c1-5-25(30(4,28)29)17-10-12-24(13-11-17)21(27)19-14-23-26(20(19)15(2)3)18-8-6-16(22)7-9-18/h6-9,14-15,17H,5,10-13H2,1-4H3. The molecule has 0 unspecified atom stereocenters. The van der Waals surface area contributed by atoms with Gasteiger partial charge in [-0.25, -0.2) is 13.1 Å². The number of hydrogen-bond acceptors (Lipinski definition) is 4. The van der Waals surface area contributed by atoms with Crippen molar-refractivity contribution in [3.05, 3.63) is 46.7 Å². The Balaban J connectivity index is 1.80. The van der Waals surface area contributed by atoms with Crippen molar-refractivity contribution < 1.29 is 13.2 Å². The molecule has 3 rings (SSSR count). The van der Waals surface area contributed by atoms with Crippen molar-refractivity contribution in [2.45, 2.75) is 45.6 Å². The number of piperidine rings is 1. The van der Waals surface area contributed by atoms with Crippen molar-refractivity contribution in [1.29, 1.82) is 0 Å². The minimum Gasteiger partial charge on any atom is -0.338 e. The van der Waals surface area contributed by atoms with Gasteiger partial charge in [0.25, 0.3) is 5.91 Å². The van der Waals surface area contributed by atoms with Gasteiger partial charge in [0.1, 0.15) is 0 Å². The topological polar surface area (TPSA) is 75.5 Å². The second-order valence-corrected chi connectivity index (χ2v) is 10.3. The summed E-state index contributed by atoms with van der Waals surface area (Å²) in [6.45, 7) is 7.43. The van der Waals surface area contributed by atoms with Crippen molar-refractivity contribution in [2.24, 2.45) is 0 Å². The van der Waals surface area contributed by atoms with Crippen LogP contribution in [-0.4, -0.2) is 65.2 Å². The Hall–Kier alpha value is -1.90. The highest BCUT2D eigenvalue weighted by atomic mass is 35.5. The van der Waals surface area contributed by atoms with E-state index in [0.717, 1.165) is 11.4 Å². The van der Waals surface area contributed by atoms with Crippen LogP contribution in [0.2, 0.25) is 5.02 Å². The molecule has 0 spiro atoms. The maximum absolute atomic E-state index is 13.3. The summed E-state index contributed by atoms with van der Waals surface area (Å²) in [5.41, 5.74) is 2.30. The summed E-state index contributed by atoms with van der Waals surface area (Å²) < 4.78 is 27.3. The molecule has 1 saturated heterocycles. The Morgan fingerprint density at radius 1 is 1.23 bits per heavy atom. The molecule has 2 aromatic rings. The lowest BCUT2D eigenvalue weighted by molar-refractivity contribution is 0.0679. The predicted molar refractivity (Wildman–Crippen MR) is 119 cm³/mol. The second kappa shape index (κ2) is 9.08. The minimum atomic E-state index is -3.25. The lowest BCUT2D eigenvalue weighted by Gasteiger charge is -2.37. The van der Waals surface area contributed by atoms with Crippen molar-refractivity contribution in [3.63, 3.8) is 0 Å². The fraction of sp³-hybridized carbons (Fsp3) is 0.524. The van der Waals surface area contributed by atoms with Gasteiger partial charge in [-0.05, 0) is 43.0 Å². The van der Waals surface area contributed by atoms with Crippen LogP contribution in [0.25, 0.3) is 5.69 Å². The van der Waals surface area contributed by atoms with E-state index < -0.39 is 10.0 Å². The van der Waals surface area contributed by atoms with E-state index >= 15 is 0 Å². The molecule has 1 aliphatic heterocycles. The van der Waals surface area contributed by atoms with E-state index in [1.165, 1.54) is 10.6 Å². The summed E-state index contributed by atoms with van der Waals surface area (Å²) in [6, 6.07) is 7.30. The average molecular weight is 453 g/mol. The van der Waals surface area contributed by atoms with Crippen LogP contribution in [0.1, 0.15) is 55.6 Å². The van der Waals surface area contributed by atoms with E-state index in [0.29, 0.717) is 43.1 Å². The number of likely N-dealkylation sites (tertiary alicyclic amines) is 1. The molecule has 1 aromatic carbocycles. The van der Waals surface area contributed by atoms with Crippen LogP contribution in [-0.2, 0) is 10.0 Å². The van der Waals surface area contributed by atoms with Crippen molar-refractivity contribution >= 4 is 27.5 Å². The Morgan fingerprint density at radius 2 is 1.83 bits per heavy atom. The largest absolute Gasteiger partial charge is 0.338 e. The summed E-state index contributed by atoms with van der Waals surface area (Å²) in [5, 5.41) is 5.13. The molecular weight excluding hydrogens is 424 g/mol. The molecule has 0 atom stereocenters. The van der Waals surface area contributed by atoms with E-state index in [1.807, 2.05) is 37.8 Å². The SMILES string of the molecule is CCN(C1CCN(C(=O)c2cnn(-c3ccc(Cl)cc3)c2C(C)C)CC1)S(C)(=O)=O. The zero-order valence-corrected chi connectivity index (χ0v) is 19.4. The molecule has 164 valence electrons. The first-order valence-electron chi connectivity index (χ1n) is 10.2. The first-order chi connectivity index (χ1) is 14.1. The van der Waals surface area contributed by atoms with E-state index in [9.17, 15) is 13.2 Å². The van der Waals surface area contributed by atoms with E-state index in [4.69, 9.17) is 11.6 Å². The van der Waals surface area contributed by atoms with Gasteiger partial charge in [0, 0.05) is 30.7 Å². The normalized spacial score (nSPS) is 15.9. The second-order valence-electron chi connectivity index (χ2n) is 7.98. The third-order valence-corrected chi connectivity index (χ3v) is 7.21. The highest BCUT2D eigenvalue weighted by Crippen LogP contribution is 2.27. The number of benzene rings is 1. The lowest BCUT2D eigenvalue weighted by Crippen LogP contribution is -2.48. The quantitative estimate of drug-likeness (QED) is 0.671. The summed E-state index contributed by atoms with van der Waals surface area (Å²) in [7, 11) is -3.25. The smallest absolute Gasteiger partial charge is 0.257 e. The van der Waals surface area contributed by atoms with Crippen molar-refractivity contribution in [3.8, 4) is 5.69 Å². The Bertz CT molecular complexity index is 994. The monoisotopic (exact) mass is 452 g/mol. The minimum absolute atomic E-state index is 0.0558. The van der Waals surface area contributed by atoms with Crippen LogP contribution in [0.4, 0.5) is 0 Å². The maximum atomic E-state index is 13.3.